The number of carbonyl (C=O) groups excluding carboxylic acids is 2. The van der Waals surface area contributed by atoms with E-state index in [1.165, 1.54) is 9.80 Å². The Bertz CT molecular complexity index is 410. The molecule has 1 heterocycles. The second-order valence-electron chi connectivity index (χ2n) is 5.79. The smallest absolute Gasteiger partial charge is 0.318 e. The summed E-state index contributed by atoms with van der Waals surface area (Å²) in [6, 6.07) is -1.02. The average Bonchev–Trinajstić information content (AvgIpc) is 2.37. The van der Waals surface area contributed by atoms with E-state index in [-0.39, 0.29) is 18.5 Å². The summed E-state index contributed by atoms with van der Waals surface area (Å²) in [6.45, 7) is 3.93. The molecule has 1 aliphatic heterocycles. The maximum absolute atomic E-state index is 12.1. The van der Waals surface area contributed by atoms with Crippen LogP contribution in [0.25, 0.3) is 0 Å². The zero-order valence-electron chi connectivity index (χ0n) is 12.5. The lowest BCUT2D eigenvalue weighted by Crippen LogP contribution is -2.54. The first-order valence-corrected chi connectivity index (χ1v) is 6.67. The molecule has 0 aromatic heterocycles. The van der Waals surface area contributed by atoms with Crippen LogP contribution < -0.4 is 5.32 Å². The minimum absolute atomic E-state index is 0.164. The topological polar surface area (TPSA) is 90.0 Å². The molecule has 3 amide bonds. The Morgan fingerprint density at radius 1 is 1.35 bits per heavy atom. The molecule has 7 nitrogen and oxygen atoms in total. The molecule has 0 saturated carbocycles. The highest BCUT2D eigenvalue weighted by Crippen LogP contribution is 2.29. The van der Waals surface area contributed by atoms with Crippen LogP contribution in [0.2, 0.25) is 0 Å². The molecule has 0 aromatic carbocycles. The van der Waals surface area contributed by atoms with E-state index in [0.29, 0.717) is 19.4 Å². The lowest BCUT2D eigenvalue weighted by Gasteiger charge is -2.37. The SMILES string of the molecule is CC(NC(=O)N1CCCC(C)(C(=O)O)C1)C(=O)N(C)C. The molecule has 0 spiro atoms. The molecule has 20 heavy (non-hydrogen) atoms. The number of carbonyl (C=O) groups is 3. The molecule has 114 valence electrons. The van der Waals surface area contributed by atoms with Crippen LogP contribution in [0.15, 0.2) is 0 Å². The van der Waals surface area contributed by atoms with Crippen LogP contribution in [-0.2, 0) is 9.59 Å². The van der Waals surface area contributed by atoms with Crippen molar-refractivity contribution >= 4 is 17.9 Å². The Kier molecular flexibility index (Phi) is 4.97. The molecule has 7 heteroatoms. The van der Waals surface area contributed by atoms with Crippen LogP contribution >= 0.6 is 0 Å². The van der Waals surface area contributed by atoms with Gasteiger partial charge in [0.2, 0.25) is 5.91 Å². The van der Waals surface area contributed by atoms with Crippen molar-refractivity contribution < 1.29 is 19.5 Å². The van der Waals surface area contributed by atoms with Gasteiger partial charge in [-0.1, -0.05) is 0 Å². The zero-order valence-corrected chi connectivity index (χ0v) is 12.5. The number of nitrogens with zero attached hydrogens (tertiary/aromatic N) is 2. The van der Waals surface area contributed by atoms with Crippen molar-refractivity contribution in [2.75, 3.05) is 27.2 Å². The van der Waals surface area contributed by atoms with Crippen molar-refractivity contribution in [3.63, 3.8) is 0 Å². The van der Waals surface area contributed by atoms with E-state index in [0.717, 1.165) is 0 Å². The number of nitrogens with one attached hydrogen (secondary N) is 1. The summed E-state index contributed by atoms with van der Waals surface area (Å²) in [6.07, 6.45) is 1.20. The summed E-state index contributed by atoms with van der Waals surface area (Å²) < 4.78 is 0. The normalized spacial score (nSPS) is 23.9. The Balaban J connectivity index is 2.64. The monoisotopic (exact) mass is 285 g/mol. The molecule has 1 saturated heterocycles. The van der Waals surface area contributed by atoms with E-state index in [4.69, 9.17) is 0 Å². The highest BCUT2D eigenvalue weighted by molar-refractivity contribution is 5.86. The van der Waals surface area contributed by atoms with E-state index in [1.54, 1.807) is 27.9 Å². The van der Waals surface area contributed by atoms with Crippen LogP contribution in [0, 0.1) is 5.41 Å². The average molecular weight is 285 g/mol. The van der Waals surface area contributed by atoms with Crippen LogP contribution in [0.4, 0.5) is 4.79 Å². The maximum atomic E-state index is 12.1. The van der Waals surface area contributed by atoms with Crippen LogP contribution in [0.1, 0.15) is 26.7 Å². The number of carboxylic acid groups (broad SMARTS) is 1. The molecule has 1 fully saturated rings. The summed E-state index contributed by atoms with van der Waals surface area (Å²) in [5.41, 5.74) is -0.912. The summed E-state index contributed by atoms with van der Waals surface area (Å²) in [7, 11) is 3.24. The predicted molar refractivity (Wildman–Crippen MR) is 73.2 cm³/mol. The van der Waals surface area contributed by atoms with Gasteiger partial charge in [0, 0.05) is 27.2 Å². The molecule has 2 atom stereocenters. The van der Waals surface area contributed by atoms with Crippen molar-refractivity contribution in [2.24, 2.45) is 5.41 Å². The number of amides is 3. The van der Waals surface area contributed by atoms with Crippen LogP contribution in [0.3, 0.4) is 0 Å². The molecule has 2 unspecified atom stereocenters. The fraction of sp³-hybridized carbons (Fsp3) is 0.769. The van der Waals surface area contributed by atoms with Gasteiger partial charge in [-0.2, -0.15) is 0 Å². The molecule has 1 rings (SSSR count). The quantitative estimate of drug-likeness (QED) is 0.783. The first-order valence-electron chi connectivity index (χ1n) is 6.67. The fourth-order valence-electron chi connectivity index (χ4n) is 2.31. The third-order valence-corrected chi connectivity index (χ3v) is 3.65. The van der Waals surface area contributed by atoms with E-state index >= 15 is 0 Å². The second kappa shape index (κ2) is 6.11. The number of hydrogen-bond donors (Lipinski definition) is 2. The number of likely N-dealkylation sites (tertiary alicyclic amines) is 1. The van der Waals surface area contributed by atoms with Gasteiger partial charge in [-0.05, 0) is 26.7 Å². The van der Waals surface area contributed by atoms with Crippen molar-refractivity contribution in [1.29, 1.82) is 0 Å². The summed E-state index contributed by atoms with van der Waals surface area (Å²) in [4.78, 5) is 37.9. The number of piperidine rings is 1. The number of rotatable bonds is 3. The number of hydrogen-bond acceptors (Lipinski definition) is 3. The molecule has 0 aromatic rings. The van der Waals surface area contributed by atoms with Gasteiger partial charge in [0.1, 0.15) is 6.04 Å². The second-order valence-corrected chi connectivity index (χ2v) is 5.79. The first kappa shape index (κ1) is 16.3. The van der Waals surface area contributed by atoms with Crippen LogP contribution in [-0.4, -0.2) is 66.0 Å². The molecule has 0 radical (unpaired) electrons. The van der Waals surface area contributed by atoms with E-state index in [9.17, 15) is 19.5 Å². The van der Waals surface area contributed by atoms with Gasteiger partial charge in [-0.15, -0.1) is 0 Å². The molecule has 0 bridgehead atoms. The first-order chi connectivity index (χ1) is 9.17. The molecule has 1 aliphatic rings. The lowest BCUT2D eigenvalue weighted by atomic mass is 9.82. The number of urea groups is 1. The predicted octanol–water partition coefficient (Wildman–Crippen LogP) is 0.359. The summed E-state index contributed by atoms with van der Waals surface area (Å²) in [5.74, 6) is -1.09. The van der Waals surface area contributed by atoms with Crippen molar-refractivity contribution in [3.8, 4) is 0 Å². The Morgan fingerprint density at radius 2 is 1.95 bits per heavy atom. The highest BCUT2D eigenvalue weighted by atomic mass is 16.4. The largest absolute Gasteiger partial charge is 0.481 e. The van der Waals surface area contributed by atoms with Gasteiger partial charge < -0.3 is 20.2 Å². The number of carboxylic acids is 1. The third-order valence-electron chi connectivity index (χ3n) is 3.65. The molecule has 2 N–H and O–H groups in total. The van der Waals surface area contributed by atoms with Gasteiger partial charge in [0.15, 0.2) is 0 Å². The summed E-state index contributed by atoms with van der Waals surface area (Å²) >= 11 is 0. The standard InChI is InChI=1S/C13H23N3O4/c1-9(10(17)15(3)4)14-12(20)16-7-5-6-13(2,8-16)11(18)19/h9H,5-8H2,1-4H3,(H,14,20)(H,18,19). The Morgan fingerprint density at radius 3 is 2.45 bits per heavy atom. The van der Waals surface area contributed by atoms with E-state index < -0.39 is 17.4 Å². The minimum Gasteiger partial charge on any atom is -0.481 e. The lowest BCUT2D eigenvalue weighted by molar-refractivity contribution is -0.150. The van der Waals surface area contributed by atoms with Gasteiger partial charge in [0.25, 0.3) is 0 Å². The fourth-order valence-corrected chi connectivity index (χ4v) is 2.31. The van der Waals surface area contributed by atoms with Gasteiger partial charge in [-0.3, -0.25) is 9.59 Å². The minimum atomic E-state index is -0.912. The Labute approximate surface area is 118 Å². The van der Waals surface area contributed by atoms with E-state index in [2.05, 4.69) is 5.32 Å². The van der Waals surface area contributed by atoms with Crippen molar-refractivity contribution in [1.82, 2.24) is 15.1 Å². The van der Waals surface area contributed by atoms with Crippen molar-refractivity contribution in [3.05, 3.63) is 0 Å². The van der Waals surface area contributed by atoms with Crippen LogP contribution in [0.5, 0.6) is 0 Å². The highest BCUT2D eigenvalue weighted by Gasteiger charge is 2.39. The number of likely N-dealkylation sites (N-methyl/N-ethyl adjacent to an activating group) is 1. The van der Waals surface area contributed by atoms with Gasteiger partial charge in [-0.25, -0.2) is 4.79 Å². The van der Waals surface area contributed by atoms with E-state index in [1.807, 2.05) is 0 Å². The third kappa shape index (κ3) is 3.61. The maximum Gasteiger partial charge on any atom is 0.318 e. The summed E-state index contributed by atoms with van der Waals surface area (Å²) in [5, 5.41) is 11.8. The number of aliphatic carboxylic acids is 1. The molecule has 0 aliphatic carbocycles. The van der Waals surface area contributed by atoms with Gasteiger partial charge in [0.05, 0.1) is 5.41 Å². The molecular weight excluding hydrogens is 262 g/mol. The zero-order chi connectivity index (χ0) is 15.5. The van der Waals surface area contributed by atoms with Gasteiger partial charge >= 0.3 is 12.0 Å². The van der Waals surface area contributed by atoms with Crippen molar-refractivity contribution in [2.45, 2.75) is 32.7 Å². The Hall–Kier alpha value is -1.79. The molecular formula is C13H23N3O4.